The fourth-order valence-corrected chi connectivity index (χ4v) is 3.04. The van der Waals surface area contributed by atoms with Crippen molar-refractivity contribution >= 4 is 0 Å². The summed E-state index contributed by atoms with van der Waals surface area (Å²) in [5, 5.41) is 0. The third kappa shape index (κ3) is 4.75. The third-order valence-electron chi connectivity index (χ3n) is 4.17. The van der Waals surface area contributed by atoms with Crippen molar-refractivity contribution in [3.63, 3.8) is 0 Å². The van der Waals surface area contributed by atoms with Crippen LogP contribution in [0.1, 0.15) is 41.5 Å². The number of hydrogen-bond donors (Lipinski definition) is 1. The van der Waals surface area contributed by atoms with E-state index in [-0.39, 0.29) is 0 Å². The zero-order valence-electron chi connectivity index (χ0n) is 15.3. The Morgan fingerprint density at radius 3 is 2.29 bits per heavy atom. The third-order valence-corrected chi connectivity index (χ3v) is 4.17. The first-order valence-corrected chi connectivity index (χ1v) is 8.65. The molecule has 0 saturated heterocycles. The van der Waals surface area contributed by atoms with Crippen LogP contribution in [0.5, 0.6) is 11.5 Å². The first-order valence-electron chi connectivity index (χ1n) is 8.65. The minimum Gasteiger partial charge on any atom is -0.493 e. The Labute approximate surface area is 145 Å². The lowest BCUT2D eigenvalue weighted by Gasteiger charge is -2.18. The van der Waals surface area contributed by atoms with E-state index in [4.69, 9.17) is 15.2 Å². The monoisotopic (exact) mass is 327 g/mol. The molecule has 0 saturated carbocycles. The van der Waals surface area contributed by atoms with Crippen molar-refractivity contribution in [3.05, 3.63) is 58.7 Å². The molecule has 0 aromatic heterocycles. The summed E-state index contributed by atoms with van der Waals surface area (Å²) in [6, 6.07) is 12.8. The summed E-state index contributed by atoms with van der Waals surface area (Å²) in [6.07, 6.45) is 1.87. The molecule has 130 valence electrons. The minimum atomic E-state index is 0.302. The van der Waals surface area contributed by atoms with Crippen molar-refractivity contribution < 1.29 is 9.47 Å². The molecule has 1 unspecified atom stereocenters. The van der Waals surface area contributed by atoms with Crippen molar-refractivity contribution in [2.75, 3.05) is 20.3 Å². The van der Waals surface area contributed by atoms with Crippen LogP contribution >= 0.6 is 0 Å². The lowest BCUT2D eigenvalue weighted by molar-refractivity contribution is 0.294. The Morgan fingerprint density at radius 2 is 1.71 bits per heavy atom. The van der Waals surface area contributed by atoms with Crippen LogP contribution < -0.4 is 15.2 Å². The standard InChI is InChI=1S/C21H29NO2/c1-5-8-24-20-7-6-17(13-21(20)23-4)12-19(14-22)18-10-15(2)9-16(3)11-18/h6-7,9-11,13,19H,5,8,12,14,22H2,1-4H3. The van der Waals surface area contributed by atoms with Crippen molar-refractivity contribution in [1.82, 2.24) is 0 Å². The number of ether oxygens (including phenoxy) is 2. The summed E-state index contributed by atoms with van der Waals surface area (Å²) in [5.74, 6) is 1.90. The van der Waals surface area contributed by atoms with E-state index < -0.39 is 0 Å². The van der Waals surface area contributed by atoms with Gasteiger partial charge in [-0.15, -0.1) is 0 Å². The van der Waals surface area contributed by atoms with Gasteiger partial charge in [-0.2, -0.15) is 0 Å². The van der Waals surface area contributed by atoms with Crippen LogP contribution in [0, 0.1) is 13.8 Å². The van der Waals surface area contributed by atoms with Crippen LogP contribution in [0.3, 0.4) is 0 Å². The number of rotatable bonds is 8. The molecule has 0 fully saturated rings. The zero-order chi connectivity index (χ0) is 17.5. The zero-order valence-corrected chi connectivity index (χ0v) is 15.3. The summed E-state index contributed by atoms with van der Waals surface area (Å²) >= 11 is 0. The number of benzene rings is 2. The molecule has 3 nitrogen and oxygen atoms in total. The van der Waals surface area contributed by atoms with Crippen LogP contribution in [0.25, 0.3) is 0 Å². The van der Waals surface area contributed by atoms with Crippen LogP contribution in [0.2, 0.25) is 0 Å². The molecular weight excluding hydrogens is 298 g/mol. The smallest absolute Gasteiger partial charge is 0.161 e. The quantitative estimate of drug-likeness (QED) is 0.782. The summed E-state index contributed by atoms with van der Waals surface area (Å²) < 4.78 is 11.2. The molecule has 0 heterocycles. The maximum absolute atomic E-state index is 6.06. The average molecular weight is 327 g/mol. The largest absolute Gasteiger partial charge is 0.493 e. The van der Waals surface area contributed by atoms with Crippen LogP contribution in [-0.4, -0.2) is 20.3 Å². The Morgan fingerprint density at radius 1 is 1.00 bits per heavy atom. The molecule has 24 heavy (non-hydrogen) atoms. The first kappa shape index (κ1) is 18.3. The van der Waals surface area contributed by atoms with E-state index in [1.807, 2.05) is 6.07 Å². The molecule has 2 aromatic rings. The van der Waals surface area contributed by atoms with Gasteiger partial charge in [0.2, 0.25) is 0 Å². The van der Waals surface area contributed by atoms with E-state index in [0.717, 1.165) is 24.3 Å². The fraction of sp³-hybridized carbons (Fsp3) is 0.429. The Kier molecular flexibility index (Phi) is 6.68. The summed E-state index contributed by atoms with van der Waals surface area (Å²) in [7, 11) is 1.68. The number of aryl methyl sites for hydroxylation is 2. The molecule has 0 bridgehead atoms. The first-order chi connectivity index (χ1) is 11.6. The van der Waals surface area contributed by atoms with E-state index >= 15 is 0 Å². The second-order valence-electron chi connectivity index (χ2n) is 6.39. The summed E-state index contributed by atoms with van der Waals surface area (Å²) in [4.78, 5) is 0. The average Bonchev–Trinajstić information content (AvgIpc) is 2.57. The molecule has 0 radical (unpaired) electrons. The topological polar surface area (TPSA) is 44.5 Å². The predicted octanol–water partition coefficient (Wildman–Crippen LogP) is 4.39. The Balaban J connectivity index is 2.21. The number of hydrogen-bond acceptors (Lipinski definition) is 3. The van der Waals surface area contributed by atoms with E-state index in [0.29, 0.717) is 19.1 Å². The molecular formula is C21H29NO2. The van der Waals surface area contributed by atoms with Gasteiger partial charge in [-0.1, -0.05) is 42.3 Å². The van der Waals surface area contributed by atoms with Gasteiger partial charge >= 0.3 is 0 Å². The van der Waals surface area contributed by atoms with Gasteiger partial charge < -0.3 is 15.2 Å². The van der Waals surface area contributed by atoms with E-state index in [1.165, 1.54) is 22.3 Å². The van der Waals surface area contributed by atoms with Gasteiger partial charge in [0.25, 0.3) is 0 Å². The van der Waals surface area contributed by atoms with Crippen molar-refractivity contribution in [3.8, 4) is 11.5 Å². The molecule has 2 N–H and O–H groups in total. The Hall–Kier alpha value is -2.00. The van der Waals surface area contributed by atoms with Crippen molar-refractivity contribution in [2.45, 2.75) is 39.5 Å². The SMILES string of the molecule is CCCOc1ccc(CC(CN)c2cc(C)cc(C)c2)cc1OC. The molecule has 0 aliphatic carbocycles. The maximum Gasteiger partial charge on any atom is 0.161 e. The van der Waals surface area contributed by atoms with Gasteiger partial charge in [-0.3, -0.25) is 0 Å². The lowest BCUT2D eigenvalue weighted by Crippen LogP contribution is -2.15. The molecule has 0 amide bonds. The lowest BCUT2D eigenvalue weighted by atomic mass is 9.90. The minimum absolute atomic E-state index is 0.302. The highest BCUT2D eigenvalue weighted by atomic mass is 16.5. The van der Waals surface area contributed by atoms with Gasteiger partial charge in [0.05, 0.1) is 13.7 Å². The molecule has 0 aliphatic rings. The predicted molar refractivity (Wildman–Crippen MR) is 100 cm³/mol. The van der Waals surface area contributed by atoms with Gasteiger partial charge in [0, 0.05) is 5.92 Å². The van der Waals surface area contributed by atoms with E-state index in [9.17, 15) is 0 Å². The summed E-state index contributed by atoms with van der Waals surface area (Å²) in [6.45, 7) is 7.68. The normalized spacial score (nSPS) is 12.0. The van der Waals surface area contributed by atoms with E-state index in [1.54, 1.807) is 7.11 Å². The number of methoxy groups -OCH3 is 1. The fourth-order valence-electron chi connectivity index (χ4n) is 3.04. The van der Waals surface area contributed by atoms with Gasteiger partial charge in [-0.05, 0) is 56.5 Å². The molecule has 0 spiro atoms. The van der Waals surface area contributed by atoms with Crippen LogP contribution in [-0.2, 0) is 6.42 Å². The highest BCUT2D eigenvalue weighted by Crippen LogP contribution is 2.31. The van der Waals surface area contributed by atoms with Crippen molar-refractivity contribution in [2.24, 2.45) is 5.73 Å². The van der Waals surface area contributed by atoms with Gasteiger partial charge in [-0.25, -0.2) is 0 Å². The summed E-state index contributed by atoms with van der Waals surface area (Å²) in [5.41, 5.74) is 11.1. The maximum atomic E-state index is 6.06. The number of nitrogens with two attached hydrogens (primary N) is 1. The van der Waals surface area contributed by atoms with Gasteiger partial charge in [0.1, 0.15) is 0 Å². The highest BCUT2D eigenvalue weighted by molar-refractivity contribution is 5.43. The molecule has 3 heteroatoms. The molecule has 2 aromatic carbocycles. The Bertz CT molecular complexity index is 647. The second-order valence-corrected chi connectivity index (χ2v) is 6.39. The van der Waals surface area contributed by atoms with Crippen LogP contribution in [0.15, 0.2) is 36.4 Å². The molecule has 1 atom stereocenters. The van der Waals surface area contributed by atoms with Gasteiger partial charge in [0.15, 0.2) is 11.5 Å². The second kappa shape index (κ2) is 8.74. The molecule has 2 rings (SSSR count). The highest BCUT2D eigenvalue weighted by Gasteiger charge is 2.14. The van der Waals surface area contributed by atoms with E-state index in [2.05, 4.69) is 51.1 Å². The molecule has 0 aliphatic heterocycles. The van der Waals surface area contributed by atoms with Crippen LogP contribution in [0.4, 0.5) is 0 Å². The van der Waals surface area contributed by atoms with Crippen molar-refractivity contribution in [1.29, 1.82) is 0 Å².